The number of methoxy groups -OCH3 is 1. The molecule has 3 heterocycles. The number of ether oxygens (including phenoxy) is 2. The Balaban J connectivity index is 1.43. The molecule has 0 spiro atoms. The molecule has 6 atom stereocenters. The molecule has 2 N–H and O–H groups in total. The van der Waals surface area contributed by atoms with Gasteiger partial charge in [0.15, 0.2) is 0 Å². The van der Waals surface area contributed by atoms with Crippen LogP contribution in [0.3, 0.4) is 0 Å². The fourth-order valence-electron chi connectivity index (χ4n) is 5.72. The van der Waals surface area contributed by atoms with Crippen LogP contribution in [0.5, 0.6) is 0 Å². The minimum Gasteiger partial charge on any atom is -0.379 e. The minimum absolute atomic E-state index is 0.119. The molecular formula is C20H35N3O3. The van der Waals surface area contributed by atoms with Crippen molar-refractivity contribution >= 4 is 5.91 Å². The summed E-state index contributed by atoms with van der Waals surface area (Å²) < 4.78 is 11.2. The number of likely N-dealkylation sites (tertiary alicyclic amines) is 1. The van der Waals surface area contributed by atoms with Gasteiger partial charge in [-0.3, -0.25) is 4.79 Å². The Morgan fingerprint density at radius 1 is 1.38 bits per heavy atom. The molecule has 0 aromatic heterocycles. The van der Waals surface area contributed by atoms with Gasteiger partial charge in [0.1, 0.15) is 0 Å². The van der Waals surface area contributed by atoms with E-state index in [1.165, 1.54) is 0 Å². The topological polar surface area (TPSA) is 62.8 Å². The van der Waals surface area contributed by atoms with Gasteiger partial charge in [0, 0.05) is 51.0 Å². The summed E-state index contributed by atoms with van der Waals surface area (Å²) in [6.07, 6.45) is 5.28. The van der Waals surface area contributed by atoms with Gasteiger partial charge in [0.05, 0.1) is 18.1 Å². The third kappa shape index (κ3) is 3.19. The van der Waals surface area contributed by atoms with Gasteiger partial charge in [-0.15, -0.1) is 0 Å². The molecule has 3 saturated heterocycles. The summed E-state index contributed by atoms with van der Waals surface area (Å²) in [6.45, 7) is 7.81. The summed E-state index contributed by atoms with van der Waals surface area (Å²) in [4.78, 5) is 15.8. The first-order valence-corrected chi connectivity index (χ1v) is 10.4. The van der Waals surface area contributed by atoms with Crippen LogP contribution in [0.4, 0.5) is 0 Å². The molecule has 6 heteroatoms. The molecule has 1 amide bonds. The predicted molar refractivity (Wildman–Crippen MR) is 100.0 cm³/mol. The summed E-state index contributed by atoms with van der Waals surface area (Å²) >= 11 is 0. The molecule has 4 aliphatic rings. The Morgan fingerprint density at radius 3 is 2.88 bits per heavy atom. The monoisotopic (exact) mass is 365 g/mol. The van der Waals surface area contributed by atoms with Crippen LogP contribution in [0.15, 0.2) is 0 Å². The van der Waals surface area contributed by atoms with Gasteiger partial charge in [-0.05, 0) is 38.0 Å². The zero-order valence-corrected chi connectivity index (χ0v) is 16.5. The quantitative estimate of drug-likeness (QED) is 0.765. The van der Waals surface area contributed by atoms with Crippen LogP contribution in [0.25, 0.3) is 0 Å². The second kappa shape index (κ2) is 7.38. The van der Waals surface area contributed by atoms with Crippen molar-refractivity contribution in [3.05, 3.63) is 0 Å². The summed E-state index contributed by atoms with van der Waals surface area (Å²) in [5.74, 6) is 0.794. The van der Waals surface area contributed by atoms with Crippen molar-refractivity contribution in [1.82, 2.24) is 15.5 Å². The van der Waals surface area contributed by atoms with Crippen LogP contribution in [0.1, 0.15) is 46.0 Å². The first kappa shape index (κ1) is 18.7. The van der Waals surface area contributed by atoms with E-state index in [9.17, 15) is 4.79 Å². The summed E-state index contributed by atoms with van der Waals surface area (Å²) in [7, 11) is 1.76. The van der Waals surface area contributed by atoms with Crippen LogP contribution in [0.2, 0.25) is 0 Å². The normalized spacial score (nSPS) is 42.8. The molecule has 6 nitrogen and oxygen atoms in total. The molecule has 0 aromatic rings. The van der Waals surface area contributed by atoms with Crippen molar-refractivity contribution in [3.63, 3.8) is 0 Å². The Kier molecular flexibility index (Phi) is 5.30. The molecule has 0 unspecified atom stereocenters. The van der Waals surface area contributed by atoms with E-state index in [-0.39, 0.29) is 11.5 Å². The van der Waals surface area contributed by atoms with Crippen molar-refractivity contribution in [3.8, 4) is 0 Å². The average molecular weight is 366 g/mol. The molecule has 4 fully saturated rings. The number of nitrogens with zero attached hydrogens (tertiary/aromatic N) is 1. The first-order valence-electron chi connectivity index (χ1n) is 10.4. The lowest BCUT2D eigenvalue weighted by atomic mass is 9.74. The van der Waals surface area contributed by atoms with Crippen LogP contribution < -0.4 is 10.6 Å². The lowest BCUT2D eigenvalue weighted by molar-refractivity contribution is -0.146. The van der Waals surface area contributed by atoms with Gasteiger partial charge in [-0.1, -0.05) is 13.8 Å². The fraction of sp³-hybridized carbons (Fsp3) is 0.950. The fourth-order valence-corrected chi connectivity index (χ4v) is 5.72. The van der Waals surface area contributed by atoms with E-state index in [0.29, 0.717) is 42.6 Å². The van der Waals surface area contributed by atoms with Gasteiger partial charge in [0.25, 0.3) is 0 Å². The second-order valence-corrected chi connectivity index (χ2v) is 9.11. The van der Waals surface area contributed by atoms with Crippen LogP contribution >= 0.6 is 0 Å². The van der Waals surface area contributed by atoms with Crippen LogP contribution in [-0.4, -0.2) is 74.5 Å². The number of piperazine rings is 1. The lowest BCUT2D eigenvalue weighted by Gasteiger charge is -2.40. The highest BCUT2D eigenvalue weighted by Gasteiger charge is 2.53. The first-order chi connectivity index (χ1) is 12.5. The van der Waals surface area contributed by atoms with Crippen molar-refractivity contribution < 1.29 is 14.3 Å². The van der Waals surface area contributed by atoms with Crippen LogP contribution in [-0.2, 0) is 14.3 Å². The number of rotatable bonds is 5. The highest BCUT2D eigenvalue weighted by molar-refractivity contribution is 5.84. The molecule has 0 aromatic carbocycles. The molecular weight excluding hydrogens is 330 g/mol. The molecule has 148 valence electrons. The molecule has 0 radical (unpaired) electrons. The molecule has 4 rings (SSSR count). The summed E-state index contributed by atoms with van der Waals surface area (Å²) in [5.41, 5.74) is -0.199. The number of fused-ring (bicyclic) bond motifs is 2. The Bertz CT molecular complexity index is 528. The van der Waals surface area contributed by atoms with E-state index < -0.39 is 0 Å². The Labute approximate surface area is 157 Å². The second-order valence-electron chi connectivity index (χ2n) is 9.11. The van der Waals surface area contributed by atoms with Gasteiger partial charge in [-0.25, -0.2) is 0 Å². The van der Waals surface area contributed by atoms with E-state index >= 15 is 0 Å². The molecule has 3 aliphatic heterocycles. The maximum absolute atomic E-state index is 13.6. The molecule has 1 saturated carbocycles. The SMILES string of the molecule is CO[C@@H]1COCC[C@@H]1N[C@@H]1CC[C@@](C(=O)N2C[C@@H]3C[C@H]2CN3)(C(C)C)C1. The van der Waals surface area contributed by atoms with Crippen molar-refractivity contribution in [1.29, 1.82) is 0 Å². The highest BCUT2D eigenvalue weighted by Crippen LogP contribution is 2.47. The summed E-state index contributed by atoms with van der Waals surface area (Å²) in [6, 6.07) is 1.68. The number of carbonyl (C=O) groups is 1. The zero-order chi connectivity index (χ0) is 18.3. The standard InChI is InChI=1S/C20H35N3O3/c1-13(2)20(19(24)23-11-15-8-16(23)10-21-15)6-4-14(9-20)22-17-5-7-26-12-18(17)25-3/h13-18,21-22H,4-12H2,1-3H3/t14-,15+,16+,17+,18-,20+/m1/s1. The predicted octanol–water partition coefficient (Wildman–Crippen LogP) is 1.15. The third-order valence-electron chi connectivity index (χ3n) is 7.45. The minimum atomic E-state index is -0.199. The Morgan fingerprint density at radius 2 is 2.23 bits per heavy atom. The molecule has 2 bridgehead atoms. The number of nitrogens with one attached hydrogen (secondary N) is 2. The van der Waals surface area contributed by atoms with Gasteiger partial charge in [0.2, 0.25) is 5.91 Å². The lowest BCUT2D eigenvalue weighted by Crippen LogP contribution is -2.54. The van der Waals surface area contributed by atoms with E-state index in [1.807, 2.05) is 0 Å². The van der Waals surface area contributed by atoms with Crippen LogP contribution in [0, 0.1) is 11.3 Å². The molecule has 1 aliphatic carbocycles. The van der Waals surface area contributed by atoms with Gasteiger partial charge >= 0.3 is 0 Å². The average Bonchev–Trinajstić information content (AvgIpc) is 3.37. The van der Waals surface area contributed by atoms with E-state index in [1.54, 1.807) is 7.11 Å². The smallest absolute Gasteiger partial charge is 0.229 e. The van der Waals surface area contributed by atoms with E-state index in [0.717, 1.165) is 51.8 Å². The maximum atomic E-state index is 13.6. The Hall–Kier alpha value is -0.690. The van der Waals surface area contributed by atoms with Gasteiger partial charge in [-0.2, -0.15) is 0 Å². The summed E-state index contributed by atoms with van der Waals surface area (Å²) in [5, 5.41) is 7.34. The van der Waals surface area contributed by atoms with E-state index in [2.05, 4.69) is 29.4 Å². The van der Waals surface area contributed by atoms with Crippen molar-refractivity contribution in [2.75, 3.05) is 33.4 Å². The van der Waals surface area contributed by atoms with E-state index in [4.69, 9.17) is 9.47 Å². The number of amides is 1. The maximum Gasteiger partial charge on any atom is 0.229 e. The zero-order valence-electron chi connectivity index (χ0n) is 16.5. The van der Waals surface area contributed by atoms with Crippen molar-refractivity contribution in [2.45, 2.75) is 76.2 Å². The number of carbonyl (C=O) groups excluding carboxylic acids is 1. The highest BCUT2D eigenvalue weighted by atomic mass is 16.5. The molecule has 26 heavy (non-hydrogen) atoms. The van der Waals surface area contributed by atoms with Gasteiger partial charge < -0.3 is 25.0 Å². The van der Waals surface area contributed by atoms with Crippen molar-refractivity contribution in [2.24, 2.45) is 11.3 Å². The largest absolute Gasteiger partial charge is 0.379 e. The number of hydrogen-bond donors (Lipinski definition) is 2. The third-order valence-corrected chi connectivity index (χ3v) is 7.45. The number of hydrogen-bond acceptors (Lipinski definition) is 5.